The van der Waals surface area contributed by atoms with Crippen molar-refractivity contribution in [1.82, 2.24) is 4.57 Å². The first kappa shape index (κ1) is 48.1. The first-order valence-electron chi connectivity index (χ1n) is 27.0. The molecule has 12 aromatic rings. The molecule has 0 fully saturated rings. The van der Waals surface area contributed by atoms with Crippen molar-refractivity contribution >= 4 is 122 Å². The lowest BCUT2D eigenvalue weighted by atomic mass is 9.58. The molecule has 1 aliphatic rings. The summed E-state index contributed by atoms with van der Waals surface area (Å²) in [5, 5.41) is 11.2. The van der Waals surface area contributed by atoms with E-state index in [1.54, 1.807) is 0 Å². The molecule has 375 valence electrons. The van der Waals surface area contributed by atoms with Crippen LogP contribution in [0.15, 0.2) is 174 Å². The average Bonchev–Trinajstić information content (AvgIpc) is 4.20. The predicted octanol–water partition coefficient (Wildman–Crippen LogP) is 19.1. The van der Waals surface area contributed by atoms with E-state index in [1.165, 1.54) is 64.2 Å². The molecule has 1 aliphatic heterocycles. The fourth-order valence-electron chi connectivity index (χ4n) is 11.7. The standard InChI is InChI=1S/C70H65BN3OS/c1-67(2,3)41-21-28-45(29-22-41)72-55-40-60-51(49-17-14-16-20-59(49)76-60)39-52(55)63-64-65-61(62-50-18-13-15-19-58(50)75-66(62)63)53-37-44(70(10,11)12)27-36-56(53)74(65)57-38-48(34-35-54(57)71-64)73(46-30-23-42(24-31-46)68(4,5)6)47-32-25-43(26-33-47)69(7,8)9/h13-40,72H,1-12H3. The van der Waals surface area contributed by atoms with Crippen molar-refractivity contribution in [3.63, 3.8) is 0 Å². The molecule has 0 saturated carbocycles. The molecule has 0 aliphatic carbocycles. The normalized spacial score (nSPS) is 13.1. The van der Waals surface area contributed by atoms with Gasteiger partial charge in [0.05, 0.1) is 5.52 Å². The van der Waals surface area contributed by atoms with Crippen molar-refractivity contribution in [3.8, 4) is 16.8 Å². The third kappa shape index (κ3) is 7.85. The minimum atomic E-state index is -0.0731. The van der Waals surface area contributed by atoms with Gasteiger partial charge in [0.15, 0.2) is 7.28 Å². The number of benzene rings is 9. The Morgan fingerprint density at radius 1 is 0.487 bits per heavy atom. The molecule has 1 radical (unpaired) electrons. The SMILES string of the molecule is CC(C)(C)c1ccc(Nc2cc3sc4ccccc4c3cc2-c2c3c4c(c5cc(C(C)(C)C)ccc5n4-c4cc(N(c5ccc(C(C)(C)C)cc5)c5ccc(C(C)(C)C)cc5)ccc4[B]3)c3c2oc2ccccc23)cc1. The number of fused-ring (bicyclic) bond motifs is 12. The van der Waals surface area contributed by atoms with Crippen LogP contribution < -0.4 is 21.1 Å². The number of thiophene rings is 1. The van der Waals surface area contributed by atoms with E-state index in [0.29, 0.717) is 0 Å². The zero-order valence-corrected chi connectivity index (χ0v) is 46.8. The van der Waals surface area contributed by atoms with Gasteiger partial charge in [0.1, 0.15) is 11.2 Å². The van der Waals surface area contributed by atoms with Gasteiger partial charge in [-0.3, -0.25) is 0 Å². The quantitative estimate of drug-likeness (QED) is 0.169. The summed E-state index contributed by atoms with van der Waals surface area (Å²) in [6.07, 6.45) is 0. The zero-order valence-electron chi connectivity index (χ0n) is 46.0. The highest BCUT2D eigenvalue weighted by Crippen LogP contribution is 2.50. The lowest BCUT2D eigenvalue weighted by molar-refractivity contribution is 0.590. The highest BCUT2D eigenvalue weighted by atomic mass is 32.1. The second-order valence-corrected chi connectivity index (χ2v) is 26.5. The maximum atomic E-state index is 7.34. The number of nitrogens with one attached hydrogen (secondary N) is 1. The summed E-state index contributed by atoms with van der Waals surface area (Å²) in [4.78, 5) is 2.43. The number of hydrogen-bond donors (Lipinski definition) is 1. The zero-order chi connectivity index (χ0) is 52.8. The molecule has 0 saturated heterocycles. The fraction of sp³-hybridized carbons (Fsp3) is 0.229. The minimum absolute atomic E-state index is 0.0306. The third-order valence-corrected chi connectivity index (χ3v) is 17.2. The van der Waals surface area contributed by atoms with Gasteiger partial charge in [-0.1, -0.05) is 173 Å². The highest BCUT2D eigenvalue weighted by Gasteiger charge is 2.34. The van der Waals surface area contributed by atoms with E-state index >= 15 is 0 Å². The Balaban J connectivity index is 1.12. The lowest BCUT2D eigenvalue weighted by Crippen LogP contribution is -2.37. The van der Waals surface area contributed by atoms with Crippen LogP contribution in [-0.2, 0) is 21.7 Å². The molecule has 9 aromatic carbocycles. The van der Waals surface area contributed by atoms with E-state index in [9.17, 15) is 0 Å². The Bertz CT molecular complexity index is 4240. The van der Waals surface area contributed by atoms with Crippen LogP contribution in [0.4, 0.5) is 28.4 Å². The molecule has 0 atom stereocenters. The van der Waals surface area contributed by atoms with E-state index in [2.05, 4.69) is 275 Å². The molecule has 1 N–H and O–H groups in total. The van der Waals surface area contributed by atoms with Crippen molar-refractivity contribution in [2.24, 2.45) is 0 Å². The van der Waals surface area contributed by atoms with Gasteiger partial charge in [-0.25, -0.2) is 0 Å². The van der Waals surface area contributed by atoms with Crippen molar-refractivity contribution in [1.29, 1.82) is 0 Å². The summed E-state index contributed by atoms with van der Waals surface area (Å²) in [5.41, 5.74) is 20.4. The van der Waals surface area contributed by atoms with Gasteiger partial charge < -0.3 is 19.2 Å². The summed E-state index contributed by atoms with van der Waals surface area (Å²) >= 11 is 1.85. The van der Waals surface area contributed by atoms with Crippen LogP contribution in [-0.4, -0.2) is 11.8 Å². The van der Waals surface area contributed by atoms with Gasteiger partial charge in [-0.15, -0.1) is 11.3 Å². The molecule has 76 heavy (non-hydrogen) atoms. The number of hydrogen-bond acceptors (Lipinski definition) is 4. The number of nitrogens with zero attached hydrogens (tertiary/aromatic N) is 2. The van der Waals surface area contributed by atoms with Crippen LogP contribution in [0.1, 0.15) is 105 Å². The topological polar surface area (TPSA) is 33.3 Å². The smallest absolute Gasteiger partial charge is 0.198 e. The molecule has 3 aromatic heterocycles. The van der Waals surface area contributed by atoms with Crippen LogP contribution in [0.2, 0.25) is 0 Å². The van der Waals surface area contributed by atoms with E-state index in [-0.39, 0.29) is 21.7 Å². The fourth-order valence-corrected chi connectivity index (χ4v) is 12.9. The lowest BCUT2D eigenvalue weighted by Gasteiger charge is -2.30. The Hall–Kier alpha value is -7.54. The molecule has 4 nitrogen and oxygen atoms in total. The molecule has 0 bridgehead atoms. The second-order valence-electron chi connectivity index (χ2n) is 25.4. The Morgan fingerprint density at radius 3 is 1.68 bits per heavy atom. The van der Waals surface area contributed by atoms with Gasteiger partial charge >= 0.3 is 0 Å². The molecule has 4 heterocycles. The number of furan rings is 1. The van der Waals surface area contributed by atoms with Crippen molar-refractivity contribution < 1.29 is 4.42 Å². The van der Waals surface area contributed by atoms with Crippen molar-refractivity contribution in [2.45, 2.75) is 105 Å². The highest BCUT2D eigenvalue weighted by molar-refractivity contribution is 7.25. The van der Waals surface area contributed by atoms with Crippen LogP contribution in [0.5, 0.6) is 0 Å². The van der Waals surface area contributed by atoms with Gasteiger partial charge in [-0.2, -0.15) is 0 Å². The molecule has 0 spiro atoms. The monoisotopic (exact) mass is 1010 g/mol. The van der Waals surface area contributed by atoms with Gasteiger partial charge in [-0.05, 0) is 134 Å². The van der Waals surface area contributed by atoms with Gasteiger partial charge in [0.25, 0.3) is 0 Å². The molecule has 0 amide bonds. The maximum Gasteiger partial charge on any atom is 0.198 e. The van der Waals surface area contributed by atoms with E-state index in [1.807, 2.05) is 11.3 Å². The van der Waals surface area contributed by atoms with Crippen LogP contribution >= 0.6 is 11.3 Å². The number of para-hydroxylation sites is 1. The number of aromatic nitrogens is 1. The van der Waals surface area contributed by atoms with E-state index in [0.717, 1.165) is 78.1 Å². The van der Waals surface area contributed by atoms with Gasteiger partial charge in [0, 0.05) is 92.5 Å². The molecule has 13 rings (SSSR count). The van der Waals surface area contributed by atoms with Gasteiger partial charge in [0.2, 0.25) is 0 Å². The Morgan fingerprint density at radius 2 is 1.05 bits per heavy atom. The van der Waals surface area contributed by atoms with Crippen molar-refractivity contribution in [3.05, 3.63) is 192 Å². The first-order valence-corrected chi connectivity index (χ1v) is 27.8. The summed E-state index contributed by atoms with van der Waals surface area (Å²) < 4.78 is 12.4. The number of rotatable bonds is 6. The van der Waals surface area contributed by atoms with E-state index < -0.39 is 0 Å². The Kier molecular flexibility index (Phi) is 10.8. The predicted molar refractivity (Wildman–Crippen MR) is 331 cm³/mol. The largest absolute Gasteiger partial charge is 0.455 e. The summed E-state index contributed by atoms with van der Waals surface area (Å²) in [5.74, 6) is 0. The third-order valence-electron chi connectivity index (χ3n) is 16.0. The maximum absolute atomic E-state index is 7.34. The summed E-state index contributed by atoms with van der Waals surface area (Å²) in [7, 11) is 2.45. The molecule has 6 heteroatoms. The molecular weight excluding hydrogens is 942 g/mol. The second kappa shape index (κ2) is 17.0. The first-order chi connectivity index (χ1) is 36.2. The Labute approximate surface area is 452 Å². The van der Waals surface area contributed by atoms with Crippen LogP contribution in [0.3, 0.4) is 0 Å². The molecule has 0 unspecified atom stereocenters. The molecular formula is C70H65BN3OS. The van der Waals surface area contributed by atoms with Crippen LogP contribution in [0, 0.1) is 0 Å². The summed E-state index contributed by atoms with van der Waals surface area (Å²) in [6.45, 7) is 27.5. The number of anilines is 5. The van der Waals surface area contributed by atoms with Crippen LogP contribution in [0.25, 0.3) is 80.7 Å². The summed E-state index contributed by atoms with van der Waals surface area (Å²) in [6, 6.07) is 63.9. The average molecular weight is 1010 g/mol. The van der Waals surface area contributed by atoms with Crippen molar-refractivity contribution in [2.75, 3.05) is 10.2 Å². The van der Waals surface area contributed by atoms with E-state index in [4.69, 9.17) is 4.42 Å². The minimum Gasteiger partial charge on any atom is -0.455 e.